The molecule has 1 amide bonds. The van der Waals surface area contributed by atoms with Crippen LogP contribution in [0.1, 0.15) is 19.5 Å². The van der Waals surface area contributed by atoms with Crippen molar-refractivity contribution in [1.82, 2.24) is 25.6 Å². The van der Waals surface area contributed by atoms with E-state index >= 15 is 0 Å². The molecular weight excluding hydrogens is 206 g/mol. The molecule has 6 nitrogen and oxygen atoms in total. The first-order valence-corrected chi connectivity index (χ1v) is 5.24. The lowest BCUT2D eigenvalue weighted by Crippen LogP contribution is -2.42. The number of amides is 1. The Balaban J connectivity index is 2.41. The van der Waals surface area contributed by atoms with E-state index in [0.717, 1.165) is 5.69 Å². The lowest BCUT2D eigenvalue weighted by atomic mass is 9.92. The molecule has 1 aromatic rings. The van der Waals surface area contributed by atoms with Crippen molar-refractivity contribution in [3.05, 3.63) is 11.9 Å². The van der Waals surface area contributed by atoms with Gasteiger partial charge in [-0.1, -0.05) is 5.21 Å². The van der Waals surface area contributed by atoms with Gasteiger partial charge in [-0.15, -0.1) is 5.10 Å². The zero-order chi connectivity index (χ0) is 12.2. The highest BCUT2D eigenvalue weighted by atomic mass is 16.2. The molecule has 0 radical (unpaired) electrons. The Morgan fingerprint density at radius 2 is 2.25 bits per heavy atom. The molecule has 0 bridgehead atoms. The van der Waals surface area contributed by atoms with Crippen LogP contribution in [0.4, 0.5) is 0 Å². The molecule has 0 unspecified atom stereocenters. The third-order valence-corrected chi connectivity index (χ3v) is 2.52. The third kappa shape index (κ3) is 3.03. The predicted molar refractivity (Wildman–Crippen MR) is 60.6 cm³/mol. The Hall–Kier alpha value is -1.43. The summed E-state index contributed by atoms with van der Waals surface area (Å²) in [5, 5.41) is 13.5. The number of aryl methyl sites for hydroxylation is 1. The van der Waals surface area contributed by atoms with Crippen molar-refractivity contribution in [3.8, 4) is 0 Å². The minimum atomic E-state index is -0.416. The SMILES string of the molecule is CNC(=O)C(C)(C)CNCc1cnnn1C. The van der Waals surface area contributed by atoms with Crippen LogP contribution in [0.5, 0.6) is 0 Å². The molecule has 0 aromatic carbocycles. The molecule has 1 heterocycles. The second-order valence-corrected chi connectivity index (χ2v) is 4.42. The van der Waals surface area contributed by atoms with E-state index in [1.807, 2.05) is 20.9 Å². The van der Waals surface area contributed by atoms with Gasteiger partial charge in [-0.05, 0) is 13.8 Å². The highest BCUT2D eigenvalue weighted by Crippen LogP contribution is 2.13. The standard InChI is InChI=1S/C10H19N5O/c1-10(2,9(16)11-3)7-12-5-8-6-13-14-15(8)4/h6,12H,5,7H2,1-4H3,(H,11,16). The number of hydrogen-bond acceptors (Lipinski definition) is 4. The quantitative estimate of drug-likeness (QED) is 0.720. The van der Waals surface area contributed by atoms with Crippen LogP contribution in [0.15, 0.2) is 6.20 Å². The topological polar surface area (TPSA) is 71.8 Å². The number of aromatic nitrogens is 3. The van der Waals surface area contributed by atoms with Gasteiger partial charge in [0.15, 0.2) is 0 Å². The van der Waals surface area contributed by atoms with Gasteiger partial charge in [-0.3, -0.25) is 9.48 Å². The monoisotopic (exact) mass is 225 g/mol. The predicted octanol–water partition coefficient (Wildman–Crippen LogP) is -0.323. The van der Waals surface area contributed by atoms with Crippen LogP contribution in [0.2, 0.25) is 0 Å². The largest absolute Gasteiger partial charge is 0.359 e. The summed E-state index contributed by atoms with van der Waals surface area (Å²) in [7, 11) is 3.49. The molecule has 0 atom stereocenters. The fourth-order valence-electron chi connectivity index (χ4n) is 1.39. The Kier molecular flexibility index (Phi) is 4.00. The van der Waals surface area contributed by atoms with Crippen molar-refractivity contribution in [2.45, 2.75) is 20.4 Å². The fourth-order valence-corrected chi connectivity index (χ4v) is 1.39. The second-order valence-electron chi connectivity index (χ2n) is 4.42. The molecule has 1 aromatic heterocycles. The maximum Gasteiger partial charge on any atom is 0.226 e. The number of rotatable bonds is 5. The molecule has 6 heteroatoms. The van der Waals surface area contributed by atoms with Crippen LogP contribution in [-0.4, -0.2) is 34.5 Å². The van der Waals surface area contributed by atoms with Crippen LogP contribution in [0, 0.1) is 5.41 Å². The Morgan fingerprint density at radius 3 is 2.75 bits per heavy atom. The Labute approximate surface area is 95.4 Å². The molecule has 0 spiro atoms. The van der Waals surface area contributed by atoms with Crippen LogP contribution >= 0.6 is 0 Å². The molecule has 0 aliphatic heterocycles. The van der Waals surface area contributed by atoms with E-state index in [-0.39, 0.29) is 5.91 Å². The first-order chi connectivity index (χ1) is 7.47. The normalized spacial score (nSPS) is 11.5. The summed E-state index contributed by atoms with van der Waals surface area (Å²) < 4.78 is 1.71. The molecular formula is C10H19N5O. The molecule has 2 N–H and O–H groups in total. The summed E-state index contributed by atoms with van der Waals surface area (Å²) in [5.74, 6) is 0.0307. The number of nitrogens with zero attached hydrogens (tertiary/aromatic N) is 3. The summed E-state index contributed by atoms with van der Waals surface area (Å²) in [6.45, 7) is 5.07. The number of carbonyl (C=O) groups is 1. The zero-order valence-corrected chi connectivity index (χ0v) is 10.2. The van der Waals surface area contributed by atoms with Crippen molar-refractivity contribution in [1.29, 1.82) is 0 Å². The van der Waals surface area contributed by atoms with E-state index in [0.29, 0.717) is 13.1 Å². The number of carbonyl (C=O) groups excluding carboxylic acids is 1. The third-order valence-electron chi connectivity index (χ3n) is 2.52. The molecule has 1 rings (SSSR count). The highest BCUT2D eigenvalue weighted by molar-refractivity contribution is 5.81. The van der Waals surface area contributed by atoms with Gasteiger partial charge in [0, 0.05) is 27.2 Å². The van der Waals surface area contributed by atoms with E-state index in [9.17, 15) is 4.79 Å². The molecule has 0 fully saturated rings. The first-order valence-electron chi connectivity index (χ1n) is 5.24. The van der Waals surface area contributed by atoms with E-state index in [2.05, 4.69) is 20.9 Å². The van der Waals surface area contributed by atoms with E-state index in [1.54, 1.807) is 17.9 Å². The zero-order valence-electron chi connectivity index (χ0n) is 10.2. The molecule has 0 saturated carbocycles. The van der Waals surface area contributed by atoms with Gasteiger partial charge < -0.3 is 10.6 Å². The average molecular weight is 225 g/mol. The van der Waals surface area contributed by atoms with Crippen molar-refractivity contribution < 1.29 is 4.79 Å². The van der Waals surface area contributed by atoms with Gasteiger partial charge in [-0.2, -0.15) is 0 Å². The van der Waals surface area contributed by atoms with Gasteiger partial charge in [0.25, 0.3) is 0 Å². The average Bonchev–Trinajstić information content (AvgIpc) is 2.63. The van der Waals surface area contributed by atoms with Crippen molar-refractivity contribution >= 4 is 5.91 Å². The number of hydrogen-bond donors (Lipinski definition) is 2. The Bertz CT molecular complexity index is 358. The van der Waals surface area contributed by atoms with E-state index < -0.39 is 5.41 Å². The van der Waals surface area contributed by atoms with Crippen LogP contribution < -0.4 is 10.6 Å². The van der Waals surface area contributed by atoms with Crippen LogP contribution in [-0.2, 0) is 18.4 Å². The highest BCUT2D eigenvalue weighted by Gasteiger charge is 2.25. The van der Waals surface area contributed by atoms with E-state index in [4.69, 9.17) is 0 Å². The summed E-state index contributed by atoms with van der Waals surface area (Å²) in [6, 6.07) is 0. The van der Waals surface area contributed by atoms with Gasteiger partial charge >= 0.3 is 0 Å². The lowest BCUT2D eigenvalue weighted by molar-refractivity contribution is -0.128. The molecule has 0 saturated heterocycles. The maximum absolute atomic E-state index is 11.5. The van der Waals surface area contributed by atoms with Crippen molar-refractivity contribution in [2.75, 3.05) is 13.6 Å². The summed E-state index contributed by atoms with van der Waals surface area (Å²) in [5.41, 5.74) is 0.577. The van der Waals surface area contributed by atoms with Crippen LogP contribution in [0.3, 0.4) is 0 Å². The maximum atomic E-state index is 11.5. The molecule has 0 aliphatic rings. The summed E-state index contributed by atoms with van der Waals surface area (Å²) in [6.07, 6.45) is 1.71. The van der Waals surface area contributed by atoms with Crippen molar-refractivity contribution in [3.63, 3.8) is 0 Å². The summed E-state index contributed by atoms with van der Waals surface area (Å²) in [4.78, 5) is 11.5. The second kappa shape index (κ2) is 5.07. The van der Waals surface area contributed by atoms with Gasteiger partial charge in [0.2, 0.25) is 5.91 Å². The smallest absolute Gasteiger partial charge is 0.226 e. The van der Waals surface area contributed by atoms with Gasteiger partial charge in [-0.25, -0.2) is 0 Å². The van der Waals surface area contributed by atoms with E-state index in [1.165, 1.54) is 0 Å². The first kappa shape index (κ1) is 12.6. The Morgan fingerprint density at radius 1 is 1.56 bits per heavy atom. The number of nitrogens with one attached hydrogen (secondary N) is 2. The fraction of sp³-hybridized carbons (Fsp3) is 0.700. The van der Waals surface area contributed by atoms with Gasteiger partial charge in [0.05, 0.1) is 17.3 Å². The minimum absolute atomic E-state index is 0.0307. The van der Waals surface area contributed by atoms with Gasteiger partial charge in [0.1, 0.15) is 0 Å². The van der Waals surface area contributed by atoms with Crippen molar-refractivity contribution in [2.24, 2.45) is 12.5 Å². The lowest BCUT2D eigenvalue weighted by Gasteiger charge is -2.22. The van der Waals surface area contributed by atoms with Crippen LogP contribution in [0.25, 0.3) is 0 Å². The summed E-state index contributed by atoms with van der Waals surface area (Å²) >= 11 is 0. The molecule has 16 heavy (non-hydrogen) atoms. The molecule has 0 aliphatic carbocycles. The minimum Gasteiger partial charge on any atom is -0.359 e. The molecule has 90 valence electrons.